The second kappa shape index (κ2) is 4.73. The lowest BCUT2D eigenvalue weighted by Crippen LogP contribution is -2.39. The third kappa shape index (κ3) is 5.44. The molecule has 0 aliphatic carbocycles. The van der Waals surface area contributed by atoms with Gasteiger partial charge in [0.1, 0.15) is 6.16 Å². The Hall–Kier alpha value is -0.210. The van der Waals surface area contributed by atoms with E-state index in [1.165, 1.54) is 0 Å². The SMILES string of the molecule is C=CC/[P+]([O-])=C(\O)C[N+](C)(C)C. The van der Waals surface area contributed by atoms with Crippen molar-refractivity contribution in [2.75, 3.05) is 33.8 Å². The quantitative estimate of drug-likeness (QED) is 0.389. The summed E-state index contributed by atoms with van der Waals surface area (Å²) >= 11 is 0. The molecule has 12 heavy (non-hydrogen) atoms. The number of rotatable bonds is 4. The molecule has 0 aromatic rings. The third-order valence-electron chi connectivity index (χ3n) is 1.20. The number of nitrogens with zero attached hydrogens (tertiary/aromatic N) is 1. The van der Waals surface area contributed by atoms with E-state index in [4.69, 9.17) is 0 Å². The number of allylic oxidation sites excluding steroid dienone is 1. The minimum Gasteiger partial charge on any atom is -0.628 e. The van der Waals surface area contributed by atoms with Crippen LogP contribution >= 0.6 is 7.77 Å². The molecule has 0 radical (unpaired) electrons. The molecule has 0 saturated heterocycles. The maximum Gasteiger partial charge on any atom is 0.274 e. The monoisotopic (exact) mass is 190 g/mol. The van der Waals surface area contributed by atoms with Gasteiger partial charge in [-0.3, -0.25) is 0 Å². The fraction of sp³-hybridized carbons (Fsp3) is 0.625. The van der Waals surface area contributed by atoms with Crippen molar-refractivity contribution in [2.24, 2.45) is 0 Å². The standard InChI is InChI=1S/C8H16NO2P/c1-5-6-12(11)8(10)7-9(2,3)4/h5H,1,6-7H2,2-4H3/p+1. The topological polar surface area (TPSA) is 43.3 Å². The Bertz CT molecular complexity index is 194. The largest absolute Gasteiger partial charge is 0.628 e. The fourth-order valence-corrected chi connectivity index (χ4v) is 1.75. The molecule has 0 spiro atoms. The smallest absolute Gasteiger partial charge is 0.274 e. The van der Waals surface area contributed by atoms with Crippen LogP contribution in [-0.2, 0) is 0 Å². The van der Waals surface area contributed by atoms with Crippen LogP contribution in [0.5, 0.6) is 0 Å². The second-order valence-corrected chi connectivity index (χ2v) is 5.35. The minimum atomic E-state index is -1.62. The summed E-state index contributed by atoms with van der Waals surface area (Å²) < 4.78 is 0.587. The first-order valence-electron chi connectivity index (χ1n) is 3.77. The van der Waals surface area contributed by atoms with Crippen molar-refractivity contribution in [3.05, 3.63) is 12.7 Å². The van der Waals surface area contributed by atoms with Crippen molar-refractivity contribution in [2.45, 2.75) is 0 Å². The van der Waals surface area contributed by atoms with Crippen molar-refractivity contribution in [1.29, 1.82) is 0 Å². The zero-order valence-electron chi connectivity index (χ0n) is 7.95. The summed E-state index contributed by atoms with van der Waals surface area (Å²) in [6.07, 6.45) is 1.92. The molecular weight excluding hydrogens is 173 g/mol. The molecular formula is C8H17NO2P+. The lowest BCUT2D eigenvalue weighted by molar-refractivity contribution is -0.861. The maximum absolute atomic E-state index is 11.2. The van der Waals surface area contributed by atoms with Crippen LogP contribution in [0.1, 0.15) is 0 Å². The van der Waals surface area contributed by atoms with Crippen molar-refractivity contribution in [1.82, 2.24) is 0 Å². The molecule has 0 aliphatic rings. The molecule has 3 nitrogen and oxygen atoms in total. The van der Waals surface area contributed by atoms with Crippen LogP contribution in [0, 0.1) is 0 Å². The van der Waals surface area contributed by atoms with Gasteiger partial charge in [0.25, 0.3) is 5.48 Å². The van der Waals surface area contributed by atoms with E-state index in [1.54, 1.807) is 6.08 Å². The van der Waals surface area contributed by atoms with Gasteiger partial charge < -0.3 is 14.5 Å². The normalized spacial score (nSPS) is 14.1. The van der Waals surface area contributed by atoms with E-state index in [1.807, 2.05) is 21.1 Å². The summed E-state index contributed by atoms with van der Waals surface area (Å²) in [6.45, 7) is 3.90. The molecule has 1 atom stereocenters. The molecule has 1 unspecified atom stereocenters. The zero-order chi connectivity index (χ0) is 9.78. The Morgan fingerprint density at radius 1 is 1.58 bits per heavy atom. The molecule has 4 heteroatoms. The van der Waals surface area contributed by atoms with E-state index < -0.39 is 7.77 Å². The van der Waals surface area contributed by atoms with Crippen LogP contribution in [0.2, 0.25) is 0 Å². The molecule has 0 aliphatic heterocycles. The fourth-order valence-electron chi connectivity index (χ4n) is 0.726. The van der Waals surface area contributed by atoms with E-state index in [-0.39, 0.29) is 5.48 Å². The first-order valence-corrected chi connectivity index (χ1v) is 5.22. The minimum absolute atomic E-state index is 0.0809. The van der Waals surface area contributed by atoms with Gasteiger partial charge in [-0.2, -0.15) is 0 Å². The van der Waals surface area contributed by atoms with Crippen LogP contribution in [0.4, 0.5) is 0 Å². The average Bonchev–Trinajstić information content (AvgIpc) is 1.84. The molecule has 0 aromatic carbocycles. The Labute approximate surface area is 75.0 Å². The van der Waals surface area contributed by atoms with Crippen LogP contribution in [0.25, 0.3) is 0 Å². The van der Waals surface area contributed by atoms with Crippen LogP contribution < -0.4 is 4.89 Å². The van der Waals surface area contributed by atoms with Crippen LogP contribution in [0.15, 0.2) is 12.7 Å². The maximum atomic E-state index is 11.2. The highest BCUT2D eigenvalue weighted by Gasteiger charge is 2.15. The van der Waals surface area contributed by atoms with Gasteiger partial charge >= 0.3 is 0 Å². The third-order valence-corrected chi connectivity index (χ3v) is 2.51. The number of hydrogen-bond donors (Lipinski definition) is 1. The van der Waals surface area contributed by atoms with Gasteiger partial charge in [0.2, 0.25) is 0 Å². The first kappa shape index (κ1) is 11.8. The predicted octanol–water partition coefficient (Wildman–Crippen LogP) is 0.138. The molecule has 0 saturated carbocycles. The van der Waals surface area contributed by atoms with E-state index in [0.29, 0.717) is 17.2 Å². The summed E-state index contributed by atoms with van der Waals surface area (Å²) in [5.41, 5.74) is 0.0809. The van der Waals surface area contributed by atoms with Crippen LogP contribution in [-0.4, -0.2) is 48.9 Å². The Balaban J connectivity index is 4.26. The highest BCUT2D eigenvalue weighted by atomic mass is 31.1. The van der Waals surface area contributed by atoms with E-state index in [2.05, 4.69) is 6.58 Å². The van der Waals surface area contributed by atoms with Crippen LogP contribution in [0.3, 0.4) is 0 Å². The number of aliphatic hydroxyl groups excluding tert-OH is 1. The Kier molecular flexibility index (Phi) is 4.64. The molecule has 0 rings (SSSR count). The Morgan fingerprint density at radius 3 is 2.42 bits per heavy atom. The van der Waals surface area contributed by atoms with Crippen molar-refractivity contribution in [3.8, 4) is 0 Å². The van der Waals surface area contributed by atoms with Gasteiger partial charge in [-0.05, 0) is 6.08 Å². The highest BCUT2D eigenvalue weighted by molar-refractivity contribution is 7.51. The van der Waals surface area contributed by atoms with Gasteiger partial charge in [0, 0.05) is 0 Å². The average molecular weight is 190 g/mol. The lowest BCUT2D eigenvalue weighted by Gasteiger charge is -2.21. The molecule has 0 fully saturated rings. The summed E-state index contributed by atoms with van der Waals surface area (Å²) in [7, 11) is 4.20. The summed E-state index contributed by atoms with van der Waals surface area (Å²) in [5, 5.41) is 9.35. The Morgan fingerprint density at radius 2 is 2.08 bits per heavy atom. The molecule has 0 bridgehead atoms. The molecule has 70 valence electrons. The summed E-state index contributed by atoms with van der Waals surface area (Å²) in [6, 6.07) is 0. The van der Waals surface area contributed by atoms with E-state index >= 15 is 0 Å². The summed E-state index contributed by atoms with van der Waals surface area (Å²) in [4.78, 5) is 11.2. The molecule has 0 aromatic heterocycles. The highest BCUT2D eigenvalue weighted by Crippen LogP contribution is 2.13. The molecule has 0 heterocycles. The predicted molar refractivity (Wildman–Crippen MR) is 51.8 cm³/mol. The first-order chi connectivity index (χ1) is 5.37. The van der Waals surface area contributed by atoms with Crippen molar-refractivity contribution >= 4 is 13.3 Å². The molecule has 0 amide bonds. The van der Waals surface area contributed by atoms with Gasteiger partial charge in [-0.25, -0.2) is 0 Å². The number of hydrogen-bond acceptors (Lipinski definition) is 1. The molecule has 1 N–H and O–H groups in total. The lowest BCUT2D eigenvalue weighted by atomic mass is 10.5. The van der Waals surface area contributed by atoms with E-state index in [0.717, 1.165) is 0 Å². The number of likely N-dealkylation sites (N-methyl/N-ethyl adjacent to an activating group) is 1. The summed E-state index contributed by atoms with van der Waals surface area (Å²) in [5.74, 6) is 0. The van der Waals surface area contributed by atoms with E-state index in [9.17, 15) is 10.00 Å². The van der Waals surface area contributed by atoms with Gasteiger partial charge in [-0.1, -0.05) is 6.58 Å². The zero-order valence-corrected chi connectivity index (χ0v) is 8.84. The van der Waals surface area contributed by atoms with Crippen molar-refractivity contribution in [3.63, 3.8) is 0 Å². The number of quaternary nitrogens is 1. The van der Waals surface area contributed by atoms with Gasteiger partial charge in [-0.15, -0.1) is 0 Å². The van der Waals surface area contributed by atoms with Gasteiger partial charge in [0.05, 0.1) is 28.9 Å². The van der Waals surface area contributed by atoms with Crippen molar-refractivity contribution < 1.29 is 14.5 Å². The van der Waals surface area contributed by atoms with Gasteiger partial charge in [0.15, 0.2) is 6.54 Å². The number of aliphatic hydroxyl groups is 1. The second-order valence-electron chi connectivity index (χ2n) is 3.71.